The van der Waals surface area contributed by atoms with Crippen LogP contribution in [0.3, 0.4) is 0 Å². The maximum Gasteiger partial charge on any atom is 0.164 e. The van der Waals surface area contributed by atoms with Crippen LogP contribution in [0.1, 0.15) is 5.56 Å². The summed E-state index contributed by atoms with van der Waals surface area (Å²) in [5, 5.41) is 9.94. The van der Waals surface area contributed by atoms with Crippen molar-refractivity contribution in [1.82, 2.24) is 15.0 Å². The molecule has 0 fully saturated rings. The van der Waals surface area contributed by atoms with Crippen molar-refractivity contribution in [2.75, 3.05) is 0 Å². The molecule has 5 nitrogen and oxygen atoms in total. The van der Waals surface area contributed by atoms with Gasteiger partial charge in [-0.3, -0.25) is 0 Å². The molecular weight excluding hydrogens is 550 g/mol. The second-order valence-electron chi connectivity index (χ2n) is 10.7. The molecule has 3 N–H and O–H groups in total. The molecule has 0 saturated heterocycles. The Labute approximate surface area is 261 Å². The summed E-state index contributed by atoms with van der Waals surface area (Å²) in [5.74, 6) is 1.92. The summed E-state index contributed by atoms with van der Waals surface area (Å²) in [7, 11) is 0. The van der Waals surface area contributed by atoms with Crippen molar-refractivity contribution in [3.63, 3.8) is 0 Å². The van der Waals surface area contributed by atoms with E-state index < -0.39 is 0 Å². The highest BCUT2D eigenvalue weighted by molar-refractivity contribution is 6.08. The molecule has 1 heterocycles. The van der Waals surface area contributed by atoms with Crippen LogP contribution in [-0.4, -0.2) is 21.2 Å². The quantitative estimate of drug-likeness (QED) is 0.184. The molecule has 214 valence electrons. The second-order valence-corrected chi connectivity index (χ2v) is 10.7. The zero-order valence-corrected chi connectivity index (χ0v) is 24.4. The van der Waals surface area contributed by atoms with Gasteiger partial charge in [-0.25, -0.2) is 15.0 Å². The van der Waals surface area contributed by atoms with Gasteiger partial charge >= 0.3 is 0 Å². The molecule has 0 atom stereocenters. The fraction of sp³-hybridized carbons (Fsp3) is 0. The summed E-state index contributed by atoms with van der Waals surface area (Å²) < 4.78 is 0. The van der Waals surface area contributed by atoms with Crippen molar-refractivity contribution < 1.29 is 0 Å². The minimum absolute atomic E-state index is 0.633. The Bertz CT molecular complexity index is 2100. The van der Waals surface area contributed by atoms with Gasteiger partial charge in [0.2, 0.25) is 0 Å². The van der Waals surface area contributed by atoms with Crippen LogP contribution in [0.5, 0.6) is 0 Å². The van der Waals surface area contributed by atoms with Crippen LogP contribution in [0.25, 0.3) is 72.8 Å². The molecular formula is C40H29N5. The van der Waals surface area contributed by atoms with Crippen LogP contribution >= 0.6 is 0 Å². The highest BCUT2D eigenvalue weighted by Crippen LogP contribution is 2.36. The fourth-order valence-corrected chi connectivity index (χ4v) is 5.61. The molecule has 0 amide bonds. The van der Waals surface area contributed by atoms with E-state index in [1.165, 1.54) is 23.2 Å². The Morgan fingerprint density at radius 2 is 0.822 bits per heavy atom. The molecule has 1 aromatic heterocycles. The van der Waals surface area contributed by atoms with E-state index in [2.05, 4.69) is 72.8 Å². The van der Waals surface area contributed by atoms with Gasteiger partial charge < -0.3 is 11.1 Å². The highest BCUT2D eigenvalue weighted by Gasteiger charge is 2.14. The number of nitrogens with zero attached hydrogens (tertiary/aromatic N) is 3. The van der Waals surface area contributed by atoms with Crippen LogP contribution in [0.15, 0.2) is 152 Å². The van der Waals surface area contributed by atoms with Gasteiger partial charge in [-0.05, 0) is 38.6 Å². The monoisotopic (exact) mass is 579 g/mol. The van der Waals surface area contributed by atoms with Crippen molar-refractivity contribution in [2.24, 2.45) is 5.73 Å². The molecule has 0 aliphatic rings. The highest BCUT2D eigenvalue weighted by atomic mass is 15.0. The van der Waals surface area contributed by atoms with Crippen LogP contribution in [0.4, 0.5) is 0 Å². The van der Waals surface area contributed by atoms with Crippen molar-refractivity contribution in [1.29, 1.82) is 5.41 Å². The van der Waals surface area contributed by atoms with Crippen molar-refractivity contribution >= 4 is 22.6 Å². The molecule has 0 radical (unpaired) electrons. The van der Waals surface area contributed by atoms with E-state index in [1.54, 1.807) is 0 Å². The van der Waals surface area contributed by atoms with Crippen LogP contribution < -0.4 is 5.73 Å². The Balaban J connectivity index is 1.27. The number of rotatable bonds is 7. The Morgan fingerprint density at radius 1 is 0.444 bits per heavy atom. The number of aromatic nitrogens is 3. The van der Waals surface area contributed by atoms with Crippen molar-refractivity contribution in [2.45, 2.75) is 0 Å². The van der Waals surface area contributed by atoms with E-state index in [1.807, 2.05) is 72.8 Å². The minimum Gasteiger partial charge on any atom is -0.404 e. The lowest BCUT2D eigenvalue weighted by Crippen LogP contribution is -2.00. The predicted molar refractivity (Wildman–Crippen MR) is 185 cm³/mol. The normalized spacial score (nSPS) is 11.4. The molecule has 7 rings (SSSR count). The molecule has 7 aromatic rings. The van der Waals surface area contributed by atoms with Crippen molar-refractivity contribution in [3.05, 3.63) is 157 Å². The number of benzene rings is 6. The number of hydrogen-bond donors (Lipinski definition) is 2. The third-order valence-corrected chi connectivity index (χ3v) is 7.94. The molecule has 5 heteroatoms. The van der Waals surface area contributed by atoms with Gasteiger partial charge in [0, 0.05) is 34.7 Å². The van der Waals surface area contributed by atoms with E-state index in [4.69, 9.17) is 26.1 Å². The third kappa shape index (κ3) is 5.51. The first kappa shape index (κ1) is 27.6. The Kier molecular flexibility index (Phi) is 7.48. The molecule has 0 spiro atoms. The van der Waals surface area contributed by atoms with E-state index >= 15 is 0 Å². The number of nitrogens with two attached hydrogens (primary N) is 1. The standard InChI is InChI=1S/C40H29N5/c41-25-33(26-42)27-15-17-28(18-16-27)34-23-24-35(37-14-8-7-13-36(34)37)29-19-21-32(22-20-29)40-44-38(30-9-3-1-4-10-30)43-39(45-40)31-11-5-2-6-12-31/h1-26,41H,42H2/b33-26+,41-25?. The average Bonchev–Trinajstić information content (AvgIpc) is 3.13. The summed E-state index contributed by atoms with van der Waals surface area (Å²) in [4.78, 5) is 14.6. The summed E-state index contributed by atoms with van der Waals surface area (Å²) in [6.07, 6.45) is 2.73. The molecule has 0 unspecified atom stereocenters. The number of fused-ring (bicyclic) bond motifs is 1. The number of nitrogens with one attached hydrogen (secondary N) is 1. The Hall–Kier alpha value is -6.20. The smallest absolute Gasteiger partial charge is 0.164 e. The summed E-state index contributed by atoms with van der Waals surface area (Å²) >= 11 is 0. The average molecular weight is 580 g/mol. The fourth-order valence-electron chi connectivity index (χ4n) is 5.61. The Morgan fingerprint density at radius 3 is 1.24 bits per heavy atom. The molecule has 0 saturated carbocycles. The second kappa shape index (κ2) is 12.2. The minimum atomic E-state index is 0.633. The third-order valence-electron chi connectivity index (χ3n) is 7.94. The molecule has 45 heavy (non-hydrogen) atoms. The van der Waals surface area contributed by atoms with Gasteiger partial charge in [-0.15, -0.1) is 0 Å². The summed E-state index contributed by atoms with van der Waals surface area (Å²) in [5.41, 5.74) is 14.6. The zero-order valence-electron chi connectivity index (χ0n) is 24.4. The first-order valence-electron chi connectivity index (χ1n) is 14.7. The van der Waals surface area contributed by atoms with Gasteiger partial charge in [0.05, 0.1) is 0 Å². The predicted octanol–water partition coefficient (Wildman–Crippen LogP) is 9.31. The van der Waals surface area contributed by atoms with E-state index in [9.17, 15) is 0 Å². The molecule has 0 aliphatic carbocycles. The first-order chi connectivity index (χ1) is 22.2. The van der Waals surface area contributed by atoms with Gasteiger partial charge in [0.25, 0.3) is 0 Å². The maximum absolute atomic E-state index is 7.60. The molecule has 6 aromatic carbocycles. The van der Waals surface area contributed by atoms with Gasteiger partial charge in [0.1, 0.15) is 0 Å². The topological polar surface area (TPSA) is 88.5 Å². The lowest BCUT2D eigenvalue weighted by Gasteiger charge is -2.13. The summed E-state index contributed by atoms with van der Waals surface area (Å²) in [6, 6.07) is 49.5. The molecule has 0 bridgehead atoms. The SMILES string of the molecule is N=C/C(=C\N)c1ccc(-c2ccc(-c3ccc(-c4nc(-c5ccccc5)nc(-c5ccccc5)n4)cc3)c3ccccc23)cc1. The van der Waals surface area contributed by atoms with Gasteiger partial charge in [-0.2, -0.15) is 0 Å². The maximum atomic E-state index is 7.60. The van der Waals surface area contributed by atoms with Crippen LogP contribution in [0, 0.1) is 5.41 Å². The van der Waals surface area contributed by atoms with Gasteiger partial charge in [-0.1, -0.05) is 146 Å². The molecule has 0 aliphatic heterocycles. The van der Waals surface area contributed by atoms with E-state index in [-0.39, 0.29) is 0 Å². The zero-order chi connectivity index (χ0) is 30.6. The lowest BCUT2D eigenvalue weighted by molar-refractivity contribution is 1.07. The van der Waals surface area contributed by atoms with E-state index in [0.29, 0.717) is 23.0 Å². The first-order valence-corrected chi connectivity index (χ1v) is 14.7. The van der Waals surface area contributed by atoms with Crippen LogP contribution in [0.2, 0.25) is 0 Å². The number of allylic oxidation sites excluding steroid dienone is 1. The van der Waals surface area contributed by atoms with Crippen LogP contribution in [-0.2, 0) is 0 Å². The largest absolute Gasteiger partial charge is 0.404 e. The van der Waals surface area contributed by atoms with Gasteiger partial charge in [0.15, 0.2) is 17.5 Å². The summed E-state index contributed by atoms with van der Waals surface area (Å²) in [6.45, 7) is 0. The van der Waals surface area contributed by atoms with Crippen molar-refractivity contribution in [3.8, 4) is 56.4 Å². The lowest BCUT2D eigenvalue weighted by atomic mass is 9.91. The number of hydrogen-bond acceptors (Lipinski definition) is 5. The van der Waals surface area contributed by atoms with E-state index in [0.717, 1.165) is 44.5 Å².